The van der Waals surface area contributed by atoms with Gasteiger partial charge in [0.25, 0.3) is 0 Å². The maximum absolute atomic E-state index is 9.79. The van der Waals surface area contributed by atoms with Crippen molar-refractivity contribution in [3.05, 3.63) is 29.3 Å². The van der Waals surface area contributed by atoms with E-state index in [4.69, 9.17) is 4.74 Å². The van der Waals surface area contributed by atoms with Crippen LogP contribution in [0.2, 0.25) is 0 Å². The monoisotopic (exact) mass is 234 g/mol. The van der Waals surface area contributed by atoms with Crippen molar-refractivity contribution in [1.29, 1.82) is 0 Å². The number of rotatable bonds is 4. The van der Waals surface area contributed by atoms with Crippen molar-refractivity contribution in [2.24, 2.45) is 5.92 Å². The fraction of sp³-hybridized carbons (Fsp3) is 0.600. The van der Waals surface area contributed by atoms with Gasteiger partial charge in [0.1, 0.15) is 11.9 Å². The summed E-state index contributed by atoms with van der Waals surface area (Å²) in [6.07, 6.45) is 2.80. The van der Waals surface area contributed by atoms with Gasteiger partial charge in [-0.05, 0) is 37.3 Å². The second-order valence-corrected chi connectivity index (χ2v) is 5.44. The fourth-order valence-electron chi connectivity index (χ4n) is 2.30. The summed E-state index contributed by atoms with van der Waals surface area (Å²) in [4.78, 5) is 0. The Bertz CT molecular complexity index is 385. The minimum atomic E-state index is -0.205. The van der Waals surface area contributed by atoms with E-state index in [-0.39, 0.29) is 12.2 Å². The standard InChI is InChI=1S/C15H22O2/c1-10(2)14(16)6-5-13-9-12-8-11(3)4-7-15(12)17-13/h4,7-8,10,13-14,16H,5-6,9H2,1-3H3. The molecule has 1 aromatic rings. The lowest BCUT2D eigenvalue weighted by atomic mass is 9.98. The first-order valence-electron chi connectivity index (χ1n) is 6.50. The van der Waals surface area contributed by atoms with Crippen LogP contribution in [-0.2, 0) is 6.42 Å². The quantitative estimate of drug-likeness (QED) is 0.867. The van der Waals surface area contributed by atoms with E-state index in [2.05, 4.69) is 39.0 Å². The molecule has 0 bridgehead atoms. The normalized spacial score (nSPS) is 20.2. The lowest BCUT2D eigenvalue weighted by Gasteiger charge is -2.16. The summed E-state index contributed by atoms with van der Waals surface area (Å²) < 4.78 is 5.88. The summed E-state index contributed by atoms with van der Waals surface area (Å²) in [7, 11) is 0. The van der Waals surface area contributed by atoms with E-state index in [9.17, 15) is 5.11 Å². The average molecular weight is 234 g/mol. The largest absolute Gasteiger partial charge is 0.490 e. The Hall–Kier alpha value is -1.02. The van der Waals surface area contributed by atoms with Gasteiger partial charge in [-0.3, -0.25) is 0 Å². The van der Waals surface area contributed by atoms with E-state index in [1.54, 1.807) is 0 Å². The molecule has 2 heteroatoms. The van der Waals surface area contributed by atoms with Gasteiger partial charge in [-0.2, -0.15) is 0 Å². The molecule has 0 saturated heterocycles. The molecule has 0 aliphatic carbocycles. The lowest BCUT2D eigenvalue weighted by Crippen LogP contribution is -2.20. The molecule has 94 valence electrons. The number of ether oxygens (including phenoxy) is 1. The topological polar surface area (TPSA) is 29.5 Å². The van der Waals surface area contributed by atoms with Crippen molar-refractivity contribution in [3.63, 3.8) is 0 Å². The van der Waals surface area contributed by atoms with Crippen LogP contribution in [0.3, 0.4) is 0 Å². The minimum absolute atomic E-state index is 0.205. The molecule has 2 rings (SSSR count). The first-order valence-corrected chi connectivity index (χ1v) is 6.50. The third kappa shape index (κ3) is 3.01. The molecular weight excluding hydrogens is 212 g/mol. The highest BCUT2D eigenvalue weighted by molar-refractivity contribution is 5.40. The molecule has 1 aliphatic rings. The summed E-state index contributed by atoms with van der Waals surface area (Å²) in [5.74, 6) is 1.36. The number of fused-ring (bicyclic) bond motifs is 1. The van der Waals surface area contributed by atoms with Crippen molar-refractivity contribution in [1.82, 2.24) is 0 Å². The Balaban J connectivity index is 1.88. The zero-order valence-corrected chi connectivity index (χ0v) is 10.9. The van der Waals surface area contributed by atoms with Crippen LogP contribution in [0.5, 0.6) is 5.75 Å². The Kier molecular flexibility index (Phi) is 3.72. The van der Waals surface area contributed by atoms with Crippen molar-refractivity contribution < 1.29 is 9.84 Å². The molecule has 1 N–H and O–H groups in total. The van der Waals surface area contributed by atoms with Crippen LogP contribution in [0, 0.1) is 12.8 Å². The molecular formula is C15H22O2. The highest BCUT2D eigenvalue weighted by Gasteiger charge is 2.23. The van der Waals surface area contributed by atoms with Crippen LogP contribution in [0.15, 0.2) is 18.2 Å². The molecule has 1 heterocycles. The zero-order chi connectivity index (χ0) is 12.4. The molecule has 0 saturated carbocycles. The Labute approximate surface area is 104 Å². The Morgan fingerprint density at radius 1 is 1.41 bits per heavy atom. The van der Waals surface area contributed by atoms with Crippen LogP contribution in [0.1, 0.15) is 37.8 Å². The predicted octanol–water partition coefficient (Wildman–Crippen LogP) is 3.10. The van der Waals surface area contributed by atoms with Gasteiger partial charge in [0.05, 0.1) is 6.10 Å². The van der Waals surface area contributed by atoms with Crippen molar-refractivity contribution in [2.45, 2.75) is 52.2 Å². The summed E-state index contributed by atoms with van der Waals surface area (Å²) in [5.41, 5.74) is 2.60. The third-order valence-electron chi connectivity index (χ3n) is 3.51. The van der Waals surface area contributed by atoms with Crippen molar-refractivity contribution in [2.75, 3.05) is 0 Å². The number of aliphatic hydroxyl groups excluding tert-OH is 1. The van der Waals surface area contributed by atoms with Gasteiger partial charge < -0.3 is 9.84 Å². The molecule has 0 radical (unpaired) electrons. The predicted molar refractivity (Wildman–Crippen MR) is 69.4 cm³/mol. The fourth-order valence-corrected chi connectivity index (χ4v) is 2.30. The maximum Gasteiger partial charge on any atom is 0.123 e. The van der Waals surface area contributed by atoms with Crippen molar-refractivity contribution in [3.8, 4) is 5.75 Å². The van der Waals surface area contributed by atoms with E-state index in [1.807, 2.05) is 0 Å². The lowest BCUT2D eigenvalue weighted by molar-refractivity contribution is 0.0970. The SMILES string of the molecule is Cc1ccc2c(c1)CC(CCC(O)C(C)C)O2. The molecule has 2 unspecified atom stereocenters. The highest BCUT2D eigenvalue weighted by atomic mass is 16.5. The van der Waals surface area contributed by atoms with E-state index in [0.29, 0.717) is 5.92 Å². The smallest absolute Gasteiger partial charge is 0.123 e. The van der Waals surface area contributed by atoms with E-state index in [0.717, 1.165) is 25.0 Å². The Morgan fingerprint density at radius 2 is 2.18 bits per heavy atom. The average Bonchev–Trinajstić information content (AvgIpc) is 2.67. The molecule has 0 aromatic heterocycles. The molecule has 0 amide bonds. The molecule has 2 nitrogen and oxygen atoms in total. The van der Waals surface area contributed by atoms with Crippen LogP contribution in [0.25, 0.3) is 0 Å². The summed E-state index contributed by atoms with van der Waals surface area (Å²) in [6, 6.07) is 6.35. The van der Waals surface area contributed by atoms with Crippen molar-refractivity contribution >= 4 is 0 Å². The molecule has 0 spiro atoms. The molecule has 2 atom stereocenters. The molecule has 17 heavy (non-hydrogen) atoms. The third-order valence-corrected chi connectivity index (χ3v) is 3.51. The number of hydrogen-bond donors (Lipinski definition) is 1. The van der Waals surface area contributed by atoms with Crippen LogP contribution < -0.4 is 4.74 Å². The first-order chi connectivity index (χ1) is 8.06. The number of aryl methyl sites for hydroxylation is 1. The number of hydrogen-bond acceptors (Lipinski definition) is 2. The van der Waals surface area contributed by atoms with Crippen LogP contribution in [-0.4, -0.2) is 17.3 Å². The van der Waals surface area contributed by atoms with Gasteiger partial charge in [-0.15, -0.1) is 0 Å². The van der Waals surface area contributed by atoms with E-state index >= 15 is 0 Å². The van der Waals surface area contributed by atoms with Gasteiger partial charge in [-0.1, -0.05) is 31.5 Å². The molecule has 1 aliphatic heterocycles. The minimum Gasteiger partial charge on any atom is -0.490 e. The van der Waals surface area contributed by atoms with E-state index < -0.39 is 0 Å². The van der Waals surface area contributed by atoms with Gasteiger partial charge >= 0.3 is 0 Å². The van der Waals surface area contributed by atoms with Crippen LogP contribution in [0.4, 0.5) is 0 Å². The second-order valence-electron chi connectivity index (χ2n) is 5.44. The van der Waals surface area contributed by atoms with Gasteiger partial charge in [-0.25, -0.2) is 0 Å². The van der Waals surface area contributed by atoms with Gasteiger partial charge in [0.2, 0.25) is 0 Å². The maximum atomic E-state index is 9.79. The summed E-state index contributed by atoms with van der Waals surface area (Å²) in [5, 5.41) is 9.79. The Morgan fingerprint density at radius 3 is 2.88 bits per heavy atom. The van der Waals surface area contributed by atoms with Gasteiger partial charge in [0, 0.05) is 6.42 Å². The zero-order valence-electron chi connectivity index (χ0n) is 10.9. The molecule has 0 fully saturated rings. The number of benzene rings is 1. The van der Waals surface area contributed by atoms with Crippen LogP contribution >= 0.6 is 0 Å². The number of aliphatic hydroxyl groups is 1. The summed E-state index contributed by atoms with van der Waals surface area (Å²) >= 11 is 0. The second kappa shape index (κ2) is 5.09. The first kappa shape index (κ1) is 12.4. The molecule has 1 aromatic carbocycles. The highest BCUT2D eigenvalue weighted by Crippen LogP contribution is 2.31. The van der Waals surface area contributed by atoms with E-state index in [1.165, 1.54) is 11.1 Å². The summed E-state index contributed by atoms with van der Waals surface area (Å²) in [6.45, 7) is 6.21. The van der Waals surface area contributed by atoms with Gasteiger partial charge in [0.15, 0.2) is 0 Å².